The number of hydrogen-bond donors (Lipinski definition) is 0. The predicted octanol–water partition coefficient (Wildman–Crippen LogP) is 0.832. The maximum atomic E-state index is 5.27. The fourth-order valence-electron chi connectivity index (χ4n) is 0.879. The topological polar surface area (TPSA) is 42.2 Å². The largest absolute Gasteiger partial charge is 0.424 e. The van der Waals surface area contributed by atoms with Gasteiger partial charge in [0.05, 0.1) is 12.6 Å². The minimum absolute atomic E-state index is 0.0761. The first-order valence-electron chi connectivity index (χ1n) is 4.09. The minimum Gasteiger partial charge on any atom is -0.424 e. The molecule has 13 heavy (non-hydrogen) atoms. The highest BCUT2D eigenvalue weighted by Crippen LogP contribution is 2.03. The summed E-state index contributed by atoms with van der Waals surface area (Å²) in [6, 6.07) is 0.0761. The van der Waals surface area contributed by atoms with Crippen molar-refractivity contribution in [2.24, 2.45) is 0 Å². The van der Waals surface area contributed by atoms with E-state index in [1.807, 2.05) is 18.9 Å². The smallest absolute Gasteiger partial charge is 0.230 e. The molecule has 0 aliphatic heterocycles. The van der Waals surface area contributed by atoms with E-state index < -0.39 is 0 Å². The number of terminal acetylenes is 1. The Labute approximate surface area is 77.9 Å². The summed E-state index contributed by atoms with van der Waals surface area (Å²) in [4.78, 5) is 1.97. The Morgan fingerprint density at radius 1 is 1.62 bits per heavy atom. The van der Waals surface area contributed by atoms with E-state index in [9.17, 15) is 0 Å². The van der Waals surface area contributed by atoms with E-state index in [-0.39, 0.29) is 6.04 Å². The third-order valence-electron chi connectivity index (χ3n) is 1.85. The Morgan fingerprint density at radius 2 is 2.31 bits per heavy atom. The molecule has 1 aromatic rings. The maximum absolute atomic E-state index is 5.27. The third-order valence-corrected chi connectivity index (χ3v) is 1.85. The average molecular weight is 179 g/mol. The fourth-order valence-corrected chi connectivity index (χ4v) is 0.879. The van der Waals surface area contributed by atoms with Crippen molar-refractivity contribution in [1.82, 2.24) is 15.1 Å². The molecule has 4 nitrogen and oxygen atoms in total. The molecule has 0 aliphatic carbocycles. The molecule has 0 spiro atoms. The molecule has 0 aliphatic rings. The molecule has 0 N–H and O–H groups in total. The molecule has 0 saturated carbocycles. The van der Waals surface area contributed by atoms with Crippen LogP contribution in [0.15, 0.2) is 4.42 Å². The van der Waals surface area contributed by atoms with Gasteiger partial charge in [0, 0.05) is 6.92 Å². The van der Waals surface area contributed by atoms with E-state index in [1.54, 1.807) is 6.92 Å². The molecule has 4 heteroatoms. The quantitative estimate of drug-likeness (QED) is 0.644. The lowest BCUT2D eigenvalue weighted by Gasteiger charge is -2.17. The van der Waals surface area contributed by atoms with Crippen molar-refractivity contribution < 1.29 is 4.42 Å². The monoisotopic (exact) mass is 179 g/mol. The van der Waals surface area contributed by atoms with Crippen LogP contribution >= 0.6 is 0 Å². The van der Waals surface area contributed by atoms with Gasteiger partial charge >= 0.3 is 0 Å². The number of rotatable bonds is 3. The first-order chi connectivity index (χ1) is 6.13. The number of aromatic nitrogens is 2. The minimum atomic E-state index is 0.0761. The zero-order valence-corrected chi connectivity index (χ0v) is 8.11. The highest BCUT2D eigenvalue weighted by atomic mass is 16.4. The molecule has 0 radical (unpaired) electrons. The van der Waals surface area contributed by atoms with Gasteiger partial charge in [0.1, 0.15) is 0 Å². The molecule has 0 aromatic carbocycles. The summed E-state index contributed by atoms with van der Waals surface area (Å²) in [5, 5.41) is 7.61. The van der Waals surface area contributed by atoms with E-state index in [0.29, 0.717) is 18.3 Å². The second kappa shape index (κ2) is 4.06. The molecule has 1 atom stereocenters. The van der Waals surface area contributed by atoms with Crippen molar-refractivity contribution >= 4 is 0 Å². The molecule has 1 heterocycles. The Morgan fingerprint density at radius 3 is 2.77 bits per heavy atom. The van der Waals surface area contributed by atoms with E-state index in [4.69, 9.17) is 10.8 Å². The lowest BCUT2D eigenvalue weighted by molar-refractivity contribution is 0.262. The van der Waals surface area contributed by atoms with Crippen LogP contribution in [0.5, 0.6) is 0 Å². The van der Waals surface area contributed by atoms with Crippen LogP contribution in [-0.4, -0.2) is 28.2 Å². The highest BCUT2D eigenvalue weighted by molar-refractivity contribution is 4.97. The van der Waals surface area contributed by atoms with Crippen molar-refractivity contribution in [2.45, 2.75) is 26.4 Å². The van der Waals surface area contributed by atoms with Crippen molar-refractivity contribution in [3.05, 3.63) is 11.8 Å². The lowest BCUT2D eigenvalue weighted by Crippen LogP contribution is -2.27. The summed E-state index contributed by atoms with van der Waals surface area (Å²) in [6.07, 6.45) is 5.27. The number of aryl methyl sites for hydroxylation is 1. The van der Waals surface area contributed by atoms with Crippen LogP contribution in [0.4, 0.5) is 0 Å². The van der Waals surface area contributed by atoms with Crippen molar-refractivity contribution in [2.75, 3.05) is 7.05 Å². The van der Waals surface area contributed by atoms with Crippen LogP contribution in [0, 0.1) is 19.3 Å². The Bertz CT molecular complexity index is 313. The van der Waals surface area contributed by atoms with E-state index in [2.05, 4.69) is 16.1 Å². The van der Waals surface area contributed by atoms with E-state index in [1.165, 1.54) is 0 Å². The van der Waals surface area contributed by atoms with Gasteiger partial charge < -0.3 is 4.42 Å². The van der Waals surface area contributed by atoms with Gasteiger partial charge in [-0.2, -0.15) is 0 Å². The average Bonchev–Trinajstić information content (AvgIpc) is 2.49. The lowest BCUT2D eigenvalue weighted by atomic mass is 10.3. The molecule has 1 aromatic heterocycles. The summed E-state index contributed by atoms with van der Waals surface area (Å²) in [6.45, 7) is 4.30. The van der Waals surface area contributed by atoms with E-state index in [0.717, 1.165) is 0 Å². The van der Waals surface area contributed by atoms with Gasteiger partial charge in [0.25, 0.3) is 0 Å². The standard InChI is InChI=1S/C9H13N3O/c1-5-7(2)12(4)6-9-11-10-8(3)13-9/h1,7H,6H2,2-4H3. The van der Waals surface area contributed by atoms with Crippen molar-refractivity contribution in [3.63, 3.8) is 0 Å². The van der Waals surface area contributed by atoms with Crippen LogP contribution in [0.25, 0.3) is 0 Å². The van der Waals surface area contributed by atoms with Crippen LogP contribution in [0.2, 0.25) is 0 Å². The van der Waals surface area contributed by atoms with Crippen molar-refractivity contribution in [3.8, 4) is 12.3 Å². The molecular formula is C9H13N3O. The van der Waals surface area contributed by atoms with Crippen LogP contribution in [0.3, 0.4) is 0 Å². The molecule has 0 amide bonds. The van der Waals surface area contributed by atoms with Gasteiger partial charge in [0.15, 0.2) is 0 Å². The first kappa shape index (κ1) is 9.75. The van der Waals surface area contributed by atoms with Crippen LogP contribution < -0.4 is 0 Å². The Kier molecular flexibility index (Phi) is 3.04. The number of hydrogen-bond acceptors (Lipinski definition) is 4. The molecule has 1 unspecified atom stereocenters. The maximum Gasteiger partial charge on any atom is 0.230 e. The zero-order chi connectivity index (χ0) is 9.84. The summed E-state index contributed by atoms with van der Waals surface area (Å²) >= 11 is 0. The molecule has 0 saturated heterocycles. The fraction of sp³-hybridized carbons (Fsp3) is 0.556. The van der Waals surface area contributed by atoms with E-state index >= 15 is 0 Å². The van der Waals surface area contributed by atoms with Gasteiger partial charge in [-0.1, -0.05) is 5.92 Å². The first-order valence-corrected chi connectivity index (χ1v) is 4.09. The molecule has 0 fully saturated rings. The highest BCUT2D eigenvalue weighted by Gasteiger charge is 2.10. The second-order valence-corrected chi connectivity index (χ2v) is 2.97. The Balaban J connectivity index is 2.55. The normalized spacial score (nSPS) is 12.8. The van der Waals surface area contributed by atoms with Crippen LogP contribution in [-0.2, 0) is 6.54 Å². The SMILES string of the molecule is C#CC(C)N(C)Cc1nnc(C)o1. The van der Waals surface area contributed by atoms with Gasteiger partial charge in [-0.25, -0.2) is 0 Å². The van der Waals surface area contributed by atoms with Gasteiger partial charge in [0.2, 0.25) is 11.8 Å². The summed E-state index contributed by atoms with van der Waals surface area (Å²) in [5.41, 5.74) is 0. The van der Waals surface area contributed by atoms with Gasteiger partial charge in [-0.05, 0) is 14.0 Å². The summed E-state index contributed by atoms with van der Waals surface area (Å²) < 4.78 is 5.22. The molecule has 1 rings (SSSR count). The number of nitrogens with zero attached hydrogens (tertiary/aromatic N) is 3. The second-order valence-electron chi connectivity index (χ2n) is 2.97. The Hall–Kier alpha value is -1.34. The third kappa shape index (κ3) is 2.56. The molecular weight excluding hydrogens is 166 g/mol. The molecule has 0 bridgehead atoms. The molecule has 70 valence electrons. The summed E-state index contributed by atoms with van der Waals surface area (Å²) in [5.74, 6) is 3.81. The van der Waals surface area contributed by atoms with Gasteiger partial charge in [-0.15, -0.1) is 16.6 Å². The van der Waals surface area contributed by atoms with Crippen molar-refractivity contribution in [1.29, 1.82) is 0 Å². The summed E-state index contributed by atoms with van der Waals surface area (Å²) in [7, 11) is 1.92. The van der Waals surface area contributed by atoms with Crippen LogP contribution in [0.1, 0.15) is 18.7 Å². The zero-order valence-electron chi connectivity index (χ0n) is 8.11. The van der Waals surface area contributed by atoms with Gasteiger partial charge in [-0.3, -0.25) is 4.90 Å². The predicted molar refractivity (Wildman–Crippen MR) is 48.8 cm³/mol.